The number of nitrogens with two attached hydrogens (primary N) is 1. The Labute approximate surface area is 65.2 Å². The quantitative estimate of drug-likeness (QED) is 0.234. The van der Waals surface area contributed by atoms with Crippen molar-refractivity contribution < 1.29 is 4.79 Å². The van der Waals surface area contributed by atoms with Crippen molar-refractivity contribution in [2.75, 3.05) is 14.1 Å². The molecule has 0 aromatic heterocycles. The van der Waals surface area contributed by atoms with E-state index in [-0.39, 0.29) is 17.4 Å². The maximum absolute atomic E-state index is 10.9. The summed E-state index contributed by atoms with van der Waals surface area (Å²) in [5, 5.41) is 11.9. The molecule has 1 amide bonds. The Bertz CT molecular complexity index is 197. The van der Waals surface area contributed by atoms with Crippen LogP contribution in [0.5, 0.6) is 0 Å². The Morgan fingerprint density at radius 3 is 2.27 bits per heavy atom. The number of hydrogen-bond donors (Lipinski definition) is 4. The summed E-state index contributed by atoms with van der Waals surface area (Å²) in [6.45, 7) is 0. The standard InChI is InChI=1S/C6H12N4O/c1-9-4(3-5(7)8)6(11)10-2/h3,9H,1-2H3,(H3,7,8)(H,10,11)/b4-3-. The summed E-state index contributed by atoms with van der Waals surface area (Å²) in [5.41, 5.74) is 5.33. The van der Waals surface area contributed by atoms with Gasteiger partial charge in [-0.15, -0.1) is 0 Å². The summed E-state index contributed by atoms with van der Waals surface area (Å²) >= 11 is 0. The fourth-order valence-electron chi connectivity index (χ4n) is 0.541. The first kappa shape index (κ1) is 9.48. The molecule has 0 heterocycles. The zero-order valence-electron chi connectivity index (χ0n) is 6.56. The normalized spacial score (nSPS) is 10.5. The molecule has 0 fully saturated rings. The molecule has 5 N–H and O–H groups in total. The van der Waals surface area contributed by atoms with Crippen LogP contribution in [0.4, 0.5) is 0 Å². The highest BCUT2D eigenvalue weighted by Crippen LogP contribution is 1.85. The number of hydrogen-bond acceptors (Lipinski definition) is 3. The molecular formula is C6H12N4O. The first-order valence-corrected chi connectivity index (χ1v) is 3.07. The van der Waals surface area contributed by atoms with Gasteiger partial charge in [0.2, 0.25) is 0 Å². The van der Waals surface area contributed by atoms with Gasteiger partial charge in [0.25, 0.3) is 5.91 Å². The van der Waals surface area contributed by atoms with Crippen molar-refractivity contribution in [3.63, 3.8) is 0 Å². The molecule has 0 atom stereocenters. The number of amides is 1. The maximum atomic E-state index is 10.9. The summed E-state index contributed by atoms with van der Waals surface area (Å²) in [6.07, 6.45) is 1.25. The van der Waals surface area contributed by atoms with Crippen LogP contribution in [0.3, 0.4) is 0 Å². The summed E-state index contributed by atoms with van der Waals surface area (Å²) in [4.78, 5) is 10.9. The molecule has 5 nitrogen and oxygen atoms in total. The molecule has 0 aromatic carbocycles. The lowest BCUT2D eigenvalue weighted by atomic mass is 10.3. The van der Waals surface area contributed by atoms with Gasteiger partial charge in [-0.2, -0.15) is 0 Å². The van der Waals surface area contributed by atoms with Gasteiger partial charge in [-0.1, -0.05) is 0 Å². The molecule has 0 saturated heterocycles. The number of carbonyl (C=O) groups is 1. The highest BCUT2D eigenvalue weighted by atomic mass is 16.1. The lowest BCUT2D eigenvalue weighted by Crippen LogP contribution is -2.28. The van der Waals surface area contributed by atoms with Gasteiger partial charge in [0.1, 0.15) is 11.5 Å². The third-order valence-electron chi connectivity index (χ3n) is 1.04. The molecule has 0 unspecified atom stereocenters. The second-order valence-corrected chi connectivity index (χ2v) is 1.84. The zero-order valence-corrected chi connectivity index (χ0v) is 6.56. The summed E-state index contributed by atoms with van der Waals surface area (Å²) in [7, 11) is 3.09. The van der Waals surface area contributed by atoms with Crippen LogP contribution in [0.1, 0.15) is 0 Å². The van der Waals surface area contributed by atoms with Gasteiger partial charge in [0.05, 0.1) is 0 Å². The minimum absolute atomic E-state index is 0.155. The Morgan fingerprint density at radius 1 is 1.45 bits per heavy atom. The molecule has 0 saturated carbocycles. The number of rotatable bonds is 3. The largest absolute Gasteiger partial charge is 0.384 e. The molecular weight excluding hydrogens is 144 g/mol. The van der Waals surface area contributed by atoms with E-state index >= 15 is 0 Å². The van der Waals surface area contributed by atoms with Gasteiger partial charge in [-0.3, -0.25) is 10.2 Å². The monoisotopic (exact) mass is 156 g/mol. The van der Waals surface area contributed by atoms with Crippen LogP contribution in [0.15, 0.2) is 11.8 Å². The molecule has 0 rings (SSSR count). The molecule has 0 aromatic rings. The summed E-state index contributed by atoms with van der Waals surface area (Å²) in [5.74, 6) is -0.444. The van der Waals surface area contributed by atoms with E-state index in [1.54, 1.807) is 7.05 Å². The molecule has 62 valence electrons. The van der Waals surface area contributed by atoms with E-state index in [2.05, 4.69) is 10.6 Å². The number of amidine groups is 1. The first-order valence-electron chi connectivity index (χ1n) is 3.07. The Balaban J connectivity index is 4.39. The van der Waals surface area contributed by atoms with E-state index in [0.29, 0.717) is 0 Å². The zero-order chi connectivity index (χ0) is 8.85. The smallest absolute Gasteiger partial charge is 0.267 e. The van der Waals surface area contributed by atoms with Crippen LogP contribution in [0.25, 0.3) is 0 Å². The van der Waals surface area contributed by atoms with Crippen molar-refractivity contribution in [3.05, 3.63) is 11.8 Å². The van der Waals surface area contributed by atoms with Gasteiger partial charge in [0.15, 0.2) is 0 Å². The first-order chi connectivity index (χ1) is 5.11. The van der Waals surface area contributed by atoms with Crippen molar-refractivity contribution in [2.45, 2.75) is 0 Å². The third-order valence-corrected chi connectivity index (χ3v) is 1.04. The molecule has 0 bridgehead atoms. The van der Waals surface area contributed by atoms with Crippen LogP contribution in [0.2, 0.25) is 0 Å². The minimum Gasteiger partial charge on any atom is -0.384 e. The Hall–Kier alpha value is -1.52. The van der Waals surface area contributed by atoms with Crippen LogP contribution >= 0.6 is 0 Å². The molecule has 0 radical (unpaired) electrons. The van der Waals surface area contributed by atoms with Crippen LogP contribution in [-0.4, -0.2) is 25.8 Å². The topological polar surface area (TPSA) is 91.0 Å². The van der Waals surface area contributed by atoms with E-state index in [4.69, 9.17) is 11.1 Å². The second kappa shape index (κ2) is 4.32. The molecule has 5 heteroatoms. The molecule has 0 spiro atoms. The van der Waals surface area contributed by atoms with Crippen molar-refractivity contribution >= 4 is 11.7 Å². The maximum Gasteiger partial charge on any atom is 0.267 e. The fraction of sp³-hybridized carbons (Fsp3) is 0.333. The lowest BCUT2D eigenvalue weighted by Gasteiger charge is -2.03. The van der Waals surface area contributed by atoms with E-state index in [1.165, 1.54) is 13.1 Å². The highest BCUT2D eigenvalue weighted by Gasteiger charge is 2.03. The van der Waals surface area contributed by atoms with E-state index < -0.39 is 0 Å². The van der Waals surface area contributed by atoms with E-state index in [0.717, 1.165) is 0 Å². The predicted octanol–water partition coefficient (Wildman–Crippen LogP) is -1.23. The number of likely N-dealkylation sites (N-methyl/N-ethyl adjacent to an activating group) is 2. The van der Waals surface area contributed by atoms with Crippen molar-refractivity contribution in [1.29, 1.82) is 5.41 Å². The highest BCUT2D eigenvalue weighted by molar-refractivity contribution is 6.00. The molecule has 0 aliphatic heterocycles. The fourth-order valence-corrected chi connectivity index (χ4v) is 0.541. The number of carbonyl (C=O) groups excluding carboxylic acids is 1. The van der Waals surface area contributed by atoms with Crippen LogP contribution in [0, 0.1) is 5.41 Å². The van der Waals surface area contributed by atoms with Gasteiger partial charge in [-0.05, 0) is 0 Å². The average Bonchev–Trinajstić information content (AvgIpc) is 1.98. The van der Waals surface area contributed by atoms with Crippen molar-refractivity contribution in [3.8, 4) is 0 Å². The van der Waals surface area contributed by atoms with Crippen molar-refractivity contribution in [1.82, 2.24) is 10.6 Å². The minimum atomic E-state index is -0.289. The third kappa shape index (κ3) is 3.24. The Morgan fingerprint density at radius 2 is 2.00 bits per heavy atom. The van der Waals surface area contributed by atoms with E-state index in [1.807, 2.05) is 0 Å². The average molecular weight is 156 g/mol. The number of nitrogens with one attached hydrogen (secondary N) is 3. The predicted molar refractivity (Wildman–Crippen MR) is 43.1 cm³/mol. The molecule has 0 aliphatic carbocycles. The molecule has 0 aliphatic rings. The van der Waals surface area contributed by atoms with Gasteiger partial charge >= 0.3 is 0 Å². The molecule has 11 heavy (non-hydrogen) atoms. The van der Waals surface area contributed by atoms with Gasteiger partial charge in [-0.25, -0.2) is 0 Å². The van der Waals surface area contributed by atoms with Crippen LogP contribution in [-0.2, 0) is 4.79 Å². The SMILES string of the molecule is CNC(=O)/C(=C/C(=N)N)NC. The van der Waals surface area contributed by atoms with Crippen LogP contribution < -0.4 is 16.4 Å². The second-order valence-electron chi connectivity index (χ2n) is 1.84. The van der Waals surface area contributed by atoms with Gasteiger partial charge < -0.3 is 16.4 Å². The van der Waals surface area contributed by atoms with Crippen molar-refractivity contribution in [2.24, 2.45) is 5.73 Å². The van der Waals surface area contributed by atoms with E-state index in [9.17, 15) is 4.79 Å². The summed E-state index contributed by atoms with van der Waals surface area (Å²) in [6, 6.07) is 0. The lowest BCUT2D eigenvalue weighted by molar-refractivity contribution is -0.117. The Kier molecular flexibility index (Phi) is 3.72. The van der Waals surface area contributed by atoms with Gasteiger partial charge in [0, 0.05) is 20.2 Å². The summed E-state index contributed by atoms with van der Waals surface area (Å²) < 4.78 is 0.